The Kier molecular flexibility index (Phi) is 14.5. The molecule has 91 heavy (non-hydrogen) atoms. The van der Waals surface area contributed by atoms with Gasteiger partial charge in [0.05, 0.1) is 33.3 Å². The number of aromatic hydroxyl groups is 2. The molecule has 1 aliphatic carbocycles. The number of phenolic OH excluding ortho intramolecular Hbond substituents is 2. The average molecular weight is 1200 g/mol. The van der Waals surface area contributed by atoms with Crippen LogP contribution in [0.4, 0.5) is 51.2 Å². The van der Waals surface area contributed by atoms with Crippen molar-refractivity contribution in [3.05, 3.63) is 293 Å². The standard InChI is InChI=1S/C78H54ClN7O5/c1-46-17-33-58(34-18-46)86(70-40-28-51-26-25-49-11-8-12-50-27-37-64(70)72(51)71(49)50)59-35-23-48(24-36-59)20-19-47-21-29-55(30-22-47)80-78(90)67-42-53-10-3-5-14-61(53)74(77(67)89)84-82-57-32-39-63-62-38-31-56(43-65(62)76(88)66(63)44-57)81-83-73-60-13-4-2-9-52(60)41-54(75(73)87)45-91-85-69-16-7-6-15-68(69)79/h2-18,21-44,85,87,89H,19-20,45H2,1H3,(H,80,90). The molecular formula is C78H54ClN7O5. The van der Waals surface area contributed by atoms with Crippen LogP contribution >= 0.6 is 11.6 Å². The Hall–Kier alpha value is -11.6. The normalized spacial score (nSPS) is 12.1. The van der Waals surface area contributed by atoms with Crippen LogP contribution in [0.2, 0.25) is 5.02 Å². The zero-order chi connectivity index (χ0) is 61.7. The van der Waals surface area contributed by atoms with Gasteiger partial charge in [-0.15, -0.1) is 10.2 Å². The van der Waals surface area contributed by atoms with E-state index in [-0.39, 0.29) is 40.8 Å². The maximum atomic E-state index is 14.1. The smallest absolute Gasteiger partial charge is 0.259 e. The van der Waals surface area contributed by atoms with Gasteiger partial charge in [-0.25, -0.2) is 0 Å². The van der Waals surface area contributed by atoms with Crippen LogP contribution in [0.5, 0.6) is 11.5 Å². The first-order valence-electron chi connectivity index (χ1n) is 29.9. The summed E-state index contributed by atoms with van der Waals surface area (Å²) in [5, 5.41) is 55.1. The number of anilines is 5. The number of aryl methyl sites for hydroxylation is 3. The van der Waals surface area contributed by atoms with E-state index in [9.17, 15) is 19.8 Å². The molecule has 14 aromatic carbocycles. The molecule has 0 atom stereocenters. The van der Waals surface area contributed by atoms with Gasteiger partial charge in [0.2, 0.25) is 0 Å². The third-order valence-corrected chi connectivity index (χ3v) is 17.4. The number of rotatable bonds is 16. The van der Waals surface area contributed by atoms with Gasteiger partial charge < -0.3 is 20.4 Å². The van der Waals surface area contributed by atoms with Crippen LogP contribution in [0.1, 0.15) is 48.5 Å². The highest BCUT2D eigenvalue weighted by Crippen LogP contribution is 2.47. The number of nitrogens with one attached hydrogen (secondary N) is 2. The second kappa shape index (κ2) is 23.5. The summed E-state index contributed by atoms with van der Waals surface area (Å²) >= 11 is 6.29. The van der Waals surface area contributed by atoms with Crippen molar-refractivity contribution in [2.75, 3.05) is 15.7 Å². The number of hydrogen-bond donors (Lipinski definition) is 4. The topological polar surface area (TPSA) is 161 Å². The third-order valence-electron chi connectivity index (χ3n) is 17.1. The largest absolute Gasteiger partial charge is 0.505 e. The van der Waals surface area contributed by atoms with Gasteiger partial charge in [-0.2, -0.15) is 10.2 Å². The number of halogens is 1. The number of azo groups is 2. The van der Waals surface area contributed by atoms with Crippen molar-refractivity contribution in [2.45, 2.75) is 26.4 Å². The second-order valence-corrected chi connectivity index (χ2v) is 23.2. The predicted octanol–water partition coefficient (Wildman–Crippen LogP) is 21.4. The monoisotopic (exact) mass is 1200 g/mol. The lowest BCUT2D eigenvalue weighted by atomic mass is 9.93. The number of benzene rings is 14. The fourth-order valence-electron chi connectivity index (χ4n) is 12.4. The Labute approximate surface area is 527 Å². The molecule has 0 aliphatic heterocycles. The number of phenols is 2. The van der Waals surface area contributed by atoms with Crippen molar-refractivity contribution >= 4 is 128 Å². The molecule has 0 saturated carbocycles. The van der Waals surface area contributed by atoms with Gasteiger partial charge in [-0.3, -0.25) is 19.9 Å². The van der Waals surface area contributed by atoms with Gasteiger partial charge in [0.1, 0.15) is 23.7 Å². The van der Waals surface area contributed by atoms with Crippen LogP contribution in [-0.4, -0.2) is 21.9 Å². The summed E-state index contributed by atoms with van der Waals surface area (Å²) in [6.07, 6.45) is 1.60. The molecule has 15 rings (SSSR count). The molecule has 0 heterocycles. The first kappa shape index (κ1) is 56.0. The van der Waals surface area contributed by atoms with E-state index < -0.39 is 5.91 Å². The molecule has 4 N–H and O–H groups in total. The molecule has 14 aromatic rings. The Bertz CT molecular complexity index is 5270. The Morgan fingerprint density at radius 1 is 0.495 bits per heavy atom. The van der Waals surface area contributed by atoms with E-state index in [1.807, 2.05) is 97.1 Å². The van der Waals surface area contributed by atoms with Crippen LogP contribution in [0.15, 0.2) is 269 Å². The number of para-hydroxylation sites is 1. The van der Waals surface area contributed by atoms with Gasteiger partial charge >= 0.3 is 0 Å². The van der Waals surface area contributed by atoms with Gasteiger partial charge in [0.15, 0.2) is 11.5 Å². The van der Waals surface area contributed by atoms with Crippen LogP contribution in [-0.2, 0) is 24.3 Å². The maximum Gasteiger partial charge on any atom is 0.259 e. The predicted molar refractivity (Wildman–Crippen MR) is 366 cm³/mol. The molecule has 12 nitrogen and oxygen atoms in total. The number of fused-ring (bicyclic) bond motifs is 5. The van der Waals surface area contributed by atoms with E-state index in [1.165, 1.54) is 43.4 Å². The Balaban J connectivity index is 0.620. The fraction of sp³-hybridized carbons (Fsp3) is 0.0513. The molecule has 1 amide bonds. The summed E-state index contributed by atoms with van der Waals surface area (Å²) in [4.78, 5) is 36.3. The lowest BCUT2D eigenvalue weighted by Gasteiger charge is -2.28. The first-order valence-corrected chi connectivity index (χ1v) is 30.2. The minimum absolute atomic E-state index is 0.00228. The van der Waals surface area contributed by atoms with E-state index in [0.29, 0.717) is 66.2 Å². The zero-order valence-electron chi connectivity index (χ0n) is 49.0. The second-order valence-electron chi connectivity index (χ2n) is 22.8. The molecular weight excluding hydrogens is 1150 g/mol. The van der Waals surface area contributed by atoms with Gasteiger partial charge in [-0.1, -0.05) is 175 Å². The Morgan fingerprint density at radius 3 is 1.68 bits per heavy atom. The molecule has 13 heteroatoms. The molecule has 1 aliphatic rings. The van der Waals surface area contributed by atoms with Crippen molar-refractivity contribution in [3.8, 4) is 22.6 Å². The van der Waals surface area contributed by atoms with Crippen LogP contribution in [0.25, 0.3) is 65.0 Å². The van der Waals surface area contributed by atoms with E-state index >= 15 is 0 Å². The summed E-state index contributed by atoms with van der Waals surface area (Å²) in [6, 6.07) is 81.2. The summed E-state index contributed by atoms with van der Waals surface area (Å²) in [6.45, 7) is 2.11. The summed E-state index contributed by atoms with van der Waals surface area (Å²) in [7, 11) is 0. The van der Waals surface area contributed by atoms with Crippen LogP contribution in [0.3, 0.4) is 0 Å². The van der Waals surface area contributed by atoms with Crippen molar-refractivity contribution in [1.82, 2.24) is 0 Å². The van der Waals surface area contributed by atoms with E-state index in [1.54, 1.807) is 48.5 Å². The number of carbonyl (C=O) groups excluding carboxylic acids is 2. The number of carbonyl (C=O) groups is 2. The zero-order valence-corrected chi connectivity index (χ0v) is 49.8. The quantitative estimate of drug-likeness (QED) is 0.0425. The molecule has 0 spiro atoms. The highest BCUT2D eigenvalue weighted by Gasteiger charge is 2.28. The number of ketones is 1. The number of nitrogens with zero attached hydrogens (tertiary/aromatic N) is 5. The van der Waals surface area contributed by atoms with Gasteiger partial charge in [-0.05, 0) is 171 Å². The molecule has 438 valence electrons. The van der Waals surface area contributed by atoms with E-state index in [2.05, 4.69) is 146 Å². The van der Waals surface area contributed by atoms with Crippen molar-refractivity contribution in [1.29, 1.82) is 0 Å². The SMILES string of the molecule is Cc1ccc(N(c2ccc(CCc3ccc(NC(=O)c4cc5ccccc5c(N=Nc5ccc6c(c5)C(=O)c5cc(N=Nc7c(O)c(CONc8ccccc8Cl)cc8ccccc78)ccc5-6)c4O)cc3)cc2)c2ccc3ccc4cccc5ccc2c3c45)cc1. The van der Waals surface area contributed by atoms with Gasteiger partial charge in [0.25, 0.3) is 5.91 Å². The van der Waals surface area contributed by atoms with Crippen molar-refractivity contribution < 1.29 is 24.6 Å². The molecule has 0 aromatic heterocycles. The molecule has 0 unspecified atom stereocenters. The summed E-state index contributed by atoms with van der Waals surface area (Å²) < 4.78 is 0. The molecule has 0 saturated heterocycles. The first-order chi connectivity index (χ1) is 44.6. The summed E-state index contributed by atoms with van der Waals surface area (Å²) in [5.74, 6) is -1.18. The minimum Gasteiger partial charge on any atom is -0.505 e. The molecule has 0 radical (unpaired) electrons. The number of hydrogen-bond acceptors (Lipinski definition) is 11. The third kappa shape index (κ3) is 10.6. The minimum atomic E-state index is -0.513. The summed E-state index contributed by atoms with van der Waals surface area (Å²) in [5.41, 5.74) is 14.7. The van der Waals surface area contributed by atoms with Crippen LogP contribution in [0, 0.1) is 6.92 Å². The maximum absolute atomic E-state index is 14.1. The number of amides is 1. The molecule has 0 fully saturated rings. The van der Waals surface area contributed by atoms with E-state index in [4.69, 9.17) is 16.4 Å². The van der Waals surface area contributed by atoms with Crippen molar-refractivity contribution in [2.24, 2.45) is 20.5 Å². The highest BCUT2D eigenvalue weighted by molar-refractivity contribution is 6.33. The van der Waals surface area contributed by atoms with Crippen LogP contribution < -0.4 is 15.7 Å². The Morgan fingerprint density at radius 2 is 1.03 bits per heavy atom. The lowest BCUT2D eigenvalue weighted by molar-refractivity contribution is 0.102. The molecule has 0 bridgehead atoms. The van der Waals surface area contributed by atoms with Gasteiger partial charge in [0, 0.05) is 49.9 Å². The lowest BCUT2D eigenvalue weighted by Crippen LogP contribution is -2.12. The fourth-order valence-corrected chi connectivity index (χ4v) is 12.6. The average Bonchev–Trinajstić information content (AvgIpc) is 1.22. The van der Waals surface area contributed by atoms with E-state index in [0.717, 1.165) is 46.4 Å². The highest BCUT2D eigenvalue weighted by atomic mass is 35.5. The van der Waals surface area contributed by atoms with Crippen molar-refractivity contribution in [3.63, 3.8) is 0 Å².